The van der Waals surface area contributed by atoms with Gasteiger partial charge in [-0.25, -0.2) is 0 Å². The normalized spacial score (nSPS) is 18.6. The molecule has 0 aliphatic carbocycles. The Bertz CT molecular complexity index is 1620. The second-order valence-electron chi connectivity index (χ2n) is 25.0. The van der Waals surface area contributed by atoms with E-state index in [-0.39, 0.29) is 12.5 Å². The number of unbranched alkanes of at least 4 members (excludes halogenated alkanes) is 41. The number of nitrogens with one attached hydrogen (secondary N) is 1. The number of amides is 1. The van der Waals surface area contributed by atoms with Crippen LogP contribution in [-0.4, -0.2) is 87.5 Å². The Hall–Kier alpha value is -2.63. The largest absolute Gasteiger partial charge is 0.394 e. The fraction of sp³-hybridized carbons (Fsp3) is 0.803. The van der Waals surface area contributed by atoms with Crippen LogP contribution in [0.2, 0.25) is 0 Å². The average molecular weight is 1190 g/mol. The molecule has 1 rings (SSSR count). The van der Waals surface area contributed by atoms with Crippen LogP contribution in [0.25, 0.3) is 0 Å². The Labute approximate surface area is 524 Å². The first-order chi connectivity index (χ1) is 41.8. The molecule has 0 radical (unpaired) electrons. The topological polar surface area (TPSA) is 149 Å². The van der Waals surface area contributed by atoms with E-state index in [4.69, 9.17) is 9.47 Å². The lowest BCUT2D eigenvalue weighted by molar-refractivity contribution is -0.302. The van der Waals surface area contributed by atoms with Gasteiger partial charge in [0.25, 0.3) is 0 Å². The second-order valence-corrected chi connectivity index (χ2v) is 25.0. The second kappa shape index (κ2) is 64.4. The molecule has 1 amide bonds. The van der Waals surface area contributed by atoms with E-state index >= 15 is 0 Å². The Kier molecular flexibility index (Phi) is 60.9. The molecule has 494 valence electrons. The summed E-state index contributed by atoms with van der Waals surface area (Å²) in [5, 5.41) is 54.8. The van der Waals surface area contributed by atoms with Crippen LogP contribution in [0.3, 0.4) is 0 Å². The van der Waals surface area contributed by atoms with Crippen molar-refractivity contribution >= 4 is 5.91 Å². The molecule has 1 heterocycles. The highest BCUT2D eigenvalue weighted by Crippen LogP contribution is 2.23. The molecule has 6 N–H and O–H groups in total. The molecule has 0 saturated carbocycles. The summed E-state index contributed by atoms with van der Waals surface area (Å²) in [5.41, 5.74) is 0. The molecule has 9 heteroatoms. The van der Waals surface area contributed by atoms with Crippen LogP contribution in [-0.2, 0) is 14.3 Å². The Morgan fingerprint density at radius 2 is 0.741 bits per heavy atom. The van der Waals surface area contributed by atoms with Gasteiger partial charge < -0.3 is 40.3 Å². The maximum absolute atomic E-state index is 13.1. The zero-order chi connectivity index (χ0) is 61.4. The summed E-state index contributed by atoms with van der Waals surface area (Å²) >= 11 is 0. The van der Waals surface area contributed by atoms with Crippen molar-refractivity contribution < 1.29 is 39.8 Å². The number of hydrogen-bond donors (Lipinski definition) is 6. The van der Waals surface area contributed by atoms with Crippen molar-refractivity contribution in [1.82, 2.24) is 5.32 Å². The molecule has 7 atom stereocenters. The van der Waals surface area contributed by atoms with Crippen molar-refractivity contribution in [3.8, 4) is 0 Å². The lowest BCUT2D eigenvalue weighted by atomic mass is 9.99. The minimum atomic E-state index is -1.58. The van der Waals surface area contributed by atoms with Gasteiger partial charge in [0, 0.05) is 6.42 Å². The predicted octanol–water partition coefficient (Wildman–Crippen LogP) is 20.1. The monoisotopic (exact) mass is 1190 g/mol. The van der Waals surface area contributed by atoms with Gasteiger partial charge in [-0.2, -0.15) is 0 Å². The maximum atomic E-state index is 13.1. The van der Waals surface area contributed by atoms with E-state index in [1.165, 1.54) is 244 Å². The molecule has 85 heavy (non-hydrogen) atoms. The number of aliphatic hydroxyl groups excluding tert-OH is 5. The summed E-state index contributed by atoms with van der Waals surface area (Å²) in [7, 11) is 0. The Morgan fingerprint density at radius 3 is 1.13 bits per heavy atom. The number of rotatable bonds is 63. The number of hydrogen-bond acceptors (Lipinski definition) is 8. The lowest BCUT2D eigenvalue weighted by Gasteiger charge is -2.40. The molecule has 0 aromatic heterocycles. The van der Waals surface area contributed by atoms with Crippen molar-refractivity contribution in [3.05, 3.63) is 85.1 Å². The average Bonchev–Trinajstić information content (AvgIpc) is 3.71. The zero-order valence-corrected chi connectivity index (χ0v) is 55.4. The molecule has 0 aromatic carbocycles. The molecule has 1 saturated heterocycles. The van der Waals surface area contributed by atoms with E-state index in [0.29, 0.717) is 6.42 Å². The first-order valence-electron chi connectivity index (χ1n) is 36.3. The molecule has 9 nitrogen and oxygen atoms in total. The van der Waals surface area contributed by atoms with E-state index in [1.54, 1.807) is 6.08 Å². The predicted molar refractivity (Wildman–Crippen MR) is 364 cm³/mol. The summed E-state index contributed by atoms with van der Waals surface area (Å²) in [5.74, 6) is -0.187. The van der Waals surface area contributed by atoms with Crippen LogP contribution < -0.4 is 5.32 Å². The standard InChI is InChI=1S/C76H137NO8/c1-3-5-7-9-11-13-15-17-19-21-23-25-27-29-31-32-33-34-35-36-37-38-40-42-44-46-48-50-52-54-56-58-60-62-64-66-72(80)77-69(68-84-76-75(83)74(82)73(81)71(67-78)85-76)70(79)65-63-61-59-57-55-53-51-49-47-45-43-41-39-30-28-26-24-22-20-18-16-14-12-10-8-6-4-2/h5,7,11,13,17,19,23,25,47,49,55,57,63,65,69-71,73-76,78-79,81-83H,3-4,6,8-10,12,14-16,18,20-22,24,26-46,48,50-54,56,58-62,64,66-68H2,1-2H3,(H,77,80)/b7-5-,13-11-,19-17-,25-23-,49-47+,57-55+,65-63+. The number of aliphatic hydroxyl groups is 5. The number of carbonyl (C=O) groups excluding carboxylic acids is 1. The van der Waals surface area contributed by atoms with Crippen molar-refractivity contribution in [2.45, 2.75) is 378 Å². The van der Waals surface area contributed by atoms with Gasteiger partial charge >= 0.3 is 0 Å². The molecule has 7 unspecified atom stereocenters. The fourth-order valence-electron chi connectivity index (χ4n) is 11.3. The zero-order valence-electron chi connectivity index (χ0n) is 55.4. The Balaban J connectivity index is 2.13. The molecule has 0 spiro atoms. The van der Waals surface area contributed by atoms with Gasteiger partial charge in [0.2, 0.25) is 5.91 Å². The first kappa shape index (κ1) is 80.4. The van der Waals surface area contributed by atoms with Crippen LogP contribution in [0, 0.1) is 0 Å². The van der Waals surface area contributed by atoms with Crippen LogP contribution in [0.15, 0.2) is 85.1 Å². The molecular weight excluding hydrogens is 1050 g/mol. The number of carbonyl (C=O) groups is 1. The highest BCUT2D eigenvalue weighted by atomic mass is 16.7. The minimum absolute atomic E-state index is 0.187. The SMILES string of the molecule is CC/C=C\C/C=C\C/C=C\C/C=C\CCCCCCCCCCCCCCCCCCCCCCCCC(=O)NC(COC1OC(CO)C(O)C(O)C1O)C(O)/C=C/CC/C=C/CC/C=C/CCCCCCCCCCCCCCCCCCC. The van der Waals surface area contributed by atoms with Crippen molar-refractivity contribution in [3.63, 3.8) is 0 Å². The van der Waals surface area contributed by atoms with E-state index in [9.17, 15) is 30.3 Å². The number of ether oxygens (including phenoxy) is 2. The Morgan fingerprint density at radius 1 is 0.412 bits per heavy atom. The third kappa shape index (κ3) is 53.0. The molecule has 1 fully saturated rings. The number of allylic oxidation sites excluding steroid dienone is 13. The van der Waals surface area contributed by atoms with Crippen molar-refractivity contribution in [2.24, 2.45) is 0 Å². The van der Waals surface area contributed by atoms with Gasteiger partial charge in [-0.1, -0.05) is 330 Å². The molecule has 0 aromatic rings. The van der Waals surface area contributed by atoms with E-state index in [1.807, 2.05) is 6.08 Å². The molecule has 1 aliphatic rings. The third-order valence-corrected chi connectivity index (χ3v) is 16.9. The van der Waals surface area contributed by atoms with Crippen LogP contribution in [0.4, 0.5) is 0 Å². The maximum Gasteiger partial charge on any atom is 0.220 e. The van der Waals surface area contributed by atoms with Crippen LogP contribution in [0.5, 0.6) is 0 Å². The van der Waals surface area contributed by atoms with Crippen molar-refractivity contribution in [2.75, 3.05) is 13.2 Å². The molecular formula is C76H137NO8. The van der Waals surface area contributed by atoms with Crippen molar-refractivity contribution in [1.29, 1.82) is 0 Å². The summed E-state index contributed by atoms with van der Waals surface area (Å²) in [4.78, 5) is 13.1. The summed E-state index contributed by atoms with van der Waals surface area (Å²) in [6, 6.07) is -0.832. The van der Waals surface area contributed by atoms with E-state index < -0.39 is 49.5 Å². The molecule has 0 bridgehead atoms. The third-order valence-electron chi connectivity index (χ3n) is 16.9. The summed E-state index contributed by atoms with van der Waals surface area (Å²) < 4.78 is 11.3. The van der Waals surface area contributed by atoms with E-state index in [0.717, 1.165) is 70.6 Å². The van der Waals surface area contributed by atoms with Gasteiger partial charge in [-0.3, -0.25) is 4.79 Å². The fourth-order valence-corrected chi connectivity index (χ4v) is 11.3. The molecule has 1 aliphatic heterocycles. The van der Waals surface area contributed by atoms with Crippen LogP contribution >= 0.6 is 0 Å². The van der Waals surface area contributed by atoms with Gasteiger partial charge in [-0.15, -0.1) is 0 Å². The van der Waals surface area contributed by atoms with E-state index in [2.05, 4.69) is 92.1 Å². The first-order valence-corrected chi connectivity index (χ1v) is 36.3. The lowest BCUT2D eigenvalue weighted by Crippen LogP contribution is -2.60. The minimum Gasteiger partial charge on any atom is -0.394 e. The van der Waals surface area contributed by atoms with Gasteiger partial charge in [0.15, 0.2) is 6.29 Å². The summed E-state index contributed by atoms with van der Waals surface area (Å²) in [6.45, 7) is 3.68. The van der Waals surface area contributed by atoms with Gasteiger partial charge in [0.1, 0.15) is 24.4 Å². The quantitative estimate of drug-likeness (QED) is 0.0261. The van der Waals surface area contributed by atoms with Crippen LogP contribution in [0.1, 0.15) is 335 Å². The highest BCUT2D eigenvalue weighted by molar-refractivity contribution is 5.76. The highest BCUT2D eigenvalue weighted by Gasteiger charge is 2.44. The smallest absolute Gasteiger partial charge is 0.220 e. The van der Waals surface area contributed by atoms with Gasteiger partial charge in [0.05, 0.1) is 25.4 Å². The summed E-state index contributed by atoms with van der Waals surface area (Å²) in [6.07, 6.45) is 85.6. The van der Waals surface area contributed by atoms with Gasteiger partial charge in [-0.05, 0) is 83.5 Å².